The van der Waals surface area contributed by atoms with Crippen molar-refractivity contribution in [1.82, 2.24) is 15.2 Å². The van der Waals surface area contributed by atoms with Gasteiger partial charge in [-0.15, -0.1) is 0 Å². The van der Waals surface area contributed by atoms with Crippen LogP contribution in [0.15, 0.2) is 18.3 Å². The topological polar surface area (TPSA) is 66.9 Å². The molecule has 1 aromatic heterocycles. The Morgan fingerprint density at radius 2 is 2.12 bits per heavy atom. The maximum Gasteiger partial charge on any atom is 0.317 e. The summed E-state index contributed by atoms with van der Waals surface area (Å²) in [6.45, 7) is 10.9. The molecule has 3 rings (SSSR count). The average Bonchev–Trinajstić information content (AvgIpc) is 2.59. The number of carbonyl (C=O) groups excluding carboxylic acids is 1. The Kier molecular flexibility index (Phi) is 5.44. The summed E-state index contributed by atoms with van der Waals surface area (Å²) >= 11 is 0. The van der Waals surface area contributed by atoms with E-state index in [4.69, 9.17) is 9.47 Å². The Balaban J connectivity index is 1.51. The van der Waals surface area contributed by atoms with Gasteiger partial charge in [0.25, 0.3) is 0 Å². The SMILES string of the molecule is CC1CN(C(=O)NCc2ccc(N3CCOCC3)nc2)CC(C)(C)O1. The fourth-order valence-corrected chi connectivity index (χ4v) is 3.40. The lowest BCUT2D eigenvalue weighted by atomic mass is 10.1. The molecule has 7 nitrogen and oxygen atoms in total. The van der Waals surface area contributed by atoms with E-state index in [2.05, 4.69) is 15.2 Å². The predicted octanol–water partition coefficient (Wildman–Crippen LogP) is 1.63. The normalized spacial score (nSPS) is 23.4. The molecule has 0 saturated carbocycles. The molecule has 3 heterocycles. The molecule has 0 aliphatic carbocycles. The molecule has 2 aliphatic rings. The van der Waals surface area contributed by atoms with Crippen molar-refractivity contribution in [3.63, 3.8) is 0 Å². The summed E-state index contributed by atoms with van der Waals surface area (Å²) in [5.41, 5.74) is 0.682. The van der Waals surface area contributed by atoms with Gasteiger partial charge in [-0.3, -0.25) is 0 Å². The zero-order chi connectivity index (χ0) is 17.9. The third kappa shape index (κ3) is 4.83. The monoisotopic (exact) mass is 348 g/mol. The Bertz CT molecular complexity index is 584. The highest BCUT2D eigenvalue weighted by Crippen LogP contribution is 2.20. The van der Waals surface area contributed by atoms with E-state index in [1.165, 1.54) is 0 Å². The van der Waals surface area contributed by atoms with Crippen molar-refractivity contribution in [2.45, 2.75) is 39.0 Å². The first kappa shape index (κ1) is 17.9. The smallest absolute Gasteiger partial charge is 0.317 e. The highest BCUT2D eigenvalue weighted by molar-refractivity contribution is 5.74. The van der Waals surface area contributed by atoms with Gasteiger partial charge in [0.15, 0.2) is 0 Å². The van der Waals surface area contributed by atoms with E-state index in [0.717, 1.165) is 37.7 Å². The van der Waals surface area contributed by atoms with Crippen molar-refractivity contribution in [3.8, 4) is 0 Å². The van der Waals surface area contributed by atoms with Crippen LogP contribution in [0.2, 0.25) is 0 Å². The van der Waals surface area contributed by atoms with E-state index in [9.17, 15) is 4.79 Å². The van der Waals surface area contributed by atoms with Gasteiger partial charge in [-0.1, -0.05) is 6.07 Å². The summed E-state index contributed by atoms with van der Waals surface area (Å²) < 4.78 is 11.2. The molecule has 1 unspecified atom stereocenters. The molecule has 0 spiro atoms. The van der Waals surface area contributed by atoms with Gasteiger partial charge >= 0.3 is 6.03 Å². The molecule has 7 heteroatoms. The van der Waals surface area contributed by atoms with E-state index < -0.39 is 0 Å². The van der Waals surface area contributed by atoms with Crippen molar-refractivity contribution in [2.75, 3.05) is 44.3 Å². The van der Waals surface area contributed by atoms with Crippen molar-refractivity contribution >= 4 is 11.8 Å². The van der Waals surface area contributed by atoms with Gasteiger partial charge in [0.1, 0.15) is 5.82 Å². The van der Waals surface area contributed by atoms with Crippen LogP contribution in [0.5, 0.6) is 0 Å². The van der Waals surface area contributed by atoms with Gasteiger partial charge in [-0.05, 0) is 32.4 Å². The number of hydrogen-bond acceptors (Lipinski definition) is 5. The zero-order valence-electron chi connectivity index (χ0n) is 15.3. The third-order valence-corrected chi connectivity index (χ3v) is 4.44. The molecule has 0 bridgehead atoms. The van der Waals surface area contributed by atoms with Gasteiger partial charge in [0.2, 0.25) is 0 Å². The van der Waals surface area contributed by atoms with Crippen molar-refractivity contribution < 1.29 is 14.3 Å². The Morgan fingerprint density at radius 3 is 2.76 bits per heavy atom. The highest BCUT2D eigenvalue weighted by atomic mass is 16.5. The molecule has 2 fully saturated rings. The summed E-state index contributed by atoms with van der Waals surface area (Å²) in [5, 5.41) is 2.98. The molecule has 1 atom stereocenters. The Hall–Kier alpha value is -1.86. The lowest BCUT2D eigenvalue weighted by molar-refractivity contribution is -0.117. The summed E-state index contributed by atoms with van der Waals surface area (Å²) in [6.07, 6.45) is 1.88. The molecule has 2 saturated heterocycles. The molecule has 25 heavy (non-hydrogen) atoms. The first-order valence-electron chi connectivity index (χ1n) is 8.91. The molecular weight excluding hydrogens is 320 g/mol. The quantitative estimate of drug-likeness (QED) is 0.899. The second-order valence-electron chi connectivity index (χ2n) is 7.35. The maximum absolute atomic E-state index is 12.4. The molecule has 2 amide bonds. The number of anilines is 1. The molecule has 0 radical (unpaired) electrons. The number of aromatic nitrogens is 1. The number of amides is 2. The van der Waals surface area contributed by atoms with Crippen LogP contribution >= 0.6 is 0 Å². The third-order valence-electron chi connectivity index (χ3n) is 4.44. The number of pyridine rings is 1. The second kappa shape index (κ2) is 7.58. The molecule has 1 N–H and O–H groups in total. The van der Waals surface area contributed by atoms with Crippen LogP contribution in [-0.2, 0) is 16.0 Å². The Morgan fingerprint density at radius 1 is 1.36 bits per heavy atom. The van der Waals surface area contributed by atoms with E-state index in [-0.39, 0.29) is 17.7 Å². The first-order valence-corrected chi connectivity index (χ1v) is 8.91. The number of ether oxygens (including phenoxy) is 2. The maximum atomic E-state index is 12.4. The second-order valence-corrected chi connectivity index (χ2v) is 7.35. The van der Waals surface area contributed by atoms with E-state index in [0.29, 0.717) is 19.6 Å². The van der Waals surface area contributed by atoms with E-state index in [1.807, 2.05) is 44.0 Å². The number of carbonyl (C=O) groups is 1. The van der Waals surface area contributed by atoms with Gasteiger partial charge in [-0.2, -0.15) is 0 Å². The minimum Gasteiger partial charge on any atom is -0.378 e. The number of nitrogens with zero attached hydrogens (tertiary/aromatic N) is 3. The number of urea groups is 1. The van der Waals surface area contributed by atoms with Crippen LogP contribution in [0, 0.1) is 0 Å². The van der Waals surface area contributed by atoms with Crippen molar-refractivity contribution in [3.05, 3.63) is 23.9 Å². The lowest BCUT2D eigenvalue weighted by Crippen LogP contribution is -2.56. The number of morpholine rings is 2. The molecule has 2 aliphatic heterocycles. The Labute approximate surface area is 149 Å². The summed E-state index contributed by atoms with van der Waals surface area (Å²) in [5.74, 6) is 0.960. The number of rotatable bonds is 3. The van der Waals surface area contributed by atoms with Gasteiger partial charge in [-0.25, -0.2) is 9.78 Å². The van der Waals surface area contributed by atoms with Crippen LogP contribution in [0.3, 0.4) is 0 Å². The average molecular weight is 348 g/mol. The van der Waals surface area contributed by atoms with E-state index >= 15 is 0 Å². The number of hydrogen-bond donors (Lipinski definition) is 1. The largest absolute Gasteiger partial charge is 0.378 e. The zero-order valence-corrected chi connectivity index (χ0v) is 15.3. The van der Waals surface area contributed by atoms with Crippen LogP contribution in [0.4, 0.5) is 10.6 Å². The molecule has 0 aromatic carbocycles. The van der Waals surface area contributed by atoms with Crippen LogP contribution in [-0.4, -0.2) is 67.0 Å². The molecule has 1 aromatic rings. The fourth-order valence-electron chi connectivity index (χ4n) is 3.40. The summed E-state index contributed by atoms with van der Waals surface area (Å²) in [4.78, 5) is 21.0. The fraction of sp³-hybridized carbons (Fsp3) is 0.667. The van der Waals surface area contributed by atoms with E-state index in [1.54, 1.807) is 0 Å². The number of nitrogens with one attached hydrogen (secondary N) is 1. The van der Waals surface area contributed by atoms with Gasteiger partial charge < -0.3 is 24.6 Å². The lowest BCUT2D eigenvalue weighted by Gasteiger charge is -2.41. The summed E-state index contributed by atoms with van der Waals surface area (Å²) in [7, 11) is 0. The minimum atomic E-state index is -0.309. The highest BCUT2D eigenvalue weighted by Gasteiger charge is 2.33. The van der Waals surface area contributed by atoms with Gasteiger partial charge in [0.05, 0.1) is 31.5 Å². The van der Waals surface area contributed by atoms with Gasteiger partial charge in [0, 0.05) is 32.4 Å². The van der Waals surface area contributed by atoms with Crippen molar-refractivity contribution in [2.24, 2.45) is 0 Å². The molecule has 138 valence electrons. The first-order chi connectivity index (χ1) is 11.9. The predicted molar refractivity (Wildman–Crippen MR) is 95.7 cm³/mol. The minimum absolute atomic E-state index is 0.0453. The van der Waals surface area contributed by atoms with Crippen LogP contribution in [0.1, 0.15) is 26.3 Å². The standard InChI is InChI=1S/C18H28N4O3/c1-14-12-22(13-18(2,3)25-14)17(23)20-11-15-4-5-16(19-10-15)21-6-8-24-9-7-21/h4-5,10,14H,6-9,11-13H2,1-3H3,(H,20,23). The van der Waals surface area contributed by atoms with Crippen LogP contribution in [0.25, 0.3) is 0 Å². The summed E-state index contributed by atoms with van der Waals surface area (Å²) in [6, 6.07) is 3.97. The van der Waals surface area contributed by atoms with Crippen molar-refractivity contribution in [1.29, 1.82) is 0 Å². The van der Waals surface area contributed by atoms with Crippen LogP contribution < -0.4 is 10.2 Å². The molecular formula is C18H28N4O3.